The number of halogens is 2. The number of imide groups is 1. The van der Waals surface area contributed by atoms with Gasteiger partial charge in [-0.15, -0.1) is 0 Å². The van der Waals surface area contributed by atoms with Crippen LogP contribution in [0.5, 0.6) is 0 Å². The third-order valence-corrected chi connectivity index (χ3v) is 3.17. The first kappa shape index (κ1) is 15.9. The monoisotopic (exact) mass is 311 g/mol. The van der Waals surface area contributed by atoms with E-state index in [9.17, 15) is 23.2 Å². The Balaban J connectivity index is 2.03. The van der Waals surface area contributed by atoms with Gasteiger partial charge in [0.1, 0.15) is 24.2 Å². The summed E-state index contributed by atoms with van der Waals surface area (Å²) in [6.45, 7) is 3.01. The zero-order chi connectivity index (χ0) is 16.4. The van der Waals surface area contributed by atoms with Crippen LogP contribution in [0.3, 0.4) is 0 Å². The zero-order valence-electron chi connectivity index (χ0n) is 12.0. The summed E-state index contributed by atoms with van der Waals surface area (Å²) in [5.74, 6) is -3.02. The van der Waals surface area contributed by atoms with E-state index in [2.05, 4.69) is 10.6 Å². The van der Waals surface area contributed by atoms with Crippen molar-refractivity contribution in [2.45, 2.75) is 19.9 Å². The highest BCUT2D eigenvalue weighted by atomic mass is 19.1. The zero-order valence-corrected chi connectivity index (χ0v) is 12.0. The lowest BCUT2D eigenvalue weighted by atomic mass is 10.1. The second kappa shape index (κ2) is 6.08. The molecule has 1 aromatic rings. The molecule has 1 saturated heterocycles. The fourth-order valence-electron chi connectivity index (χ4n) is 2.11. The van der Waals surface area contributed by atoms with Gasteiger partial charge in [-0.3, -0.25) is 14.5 Å². The summed E-state index contributed by atoms with van der Waals surface area (Å²) < 4.78 is 26.1. The molecule has 1 unspecified atom stereocenters. The molecule has 1 aromatic carbocycles. The van der Waals surface area contributed by atoms with Gasteiger partial charge < -0.3 is 10.6 Å². The molecule has 2 rings (SSSR count). The molecule has 6 nitrogen and oxygen atoms in total. The van der Waals surface area contributed by atoms with Gasteiger partial charge in [-0.1, -0.05) is 13.8 Å². The number of hydrogen-bond donors (Lipinski definition) is 2. The van der Waals surface area contributed by atoms with E-state index in [1.54, 1.807) is 13.8 Å². The molecule has 0 spiro atoms. The summed E-state index contributed by atoms with van der Waals surface area (Å²) in [6, 6.07) is 1.20. The first-order chi connectivity index (χ1) is 10.3. The topological polar surface area (TPSA) is 78.5 Å². The van der Waals surface area contributed by atoms with Gasteiger partial charge in [0.2, 0.25) is 5.91 Å². The number of benzene rings is 1. The lowest BCUT2D eigenvalue weighted by molar-refractivity contribution is -0.131. The second-order valence-electron chi connectivity index (χ2n) is 5.30. The smallest absolute Gasteiger partial charge is 0.325 e. The van der Waals surface area contributed by atoms with Crippen molar-refractivity contribution in [3.8, 4) is 0 Å². The molecule has 2 N–H and O–H groups in total. The highest BCUT2D eigenvalue weighted by Gasteiger charge is 2.40. The van der Waals surface area contributed by atoms with Crippen molar-refractivity contribution in [2.24, 2.45) is 5.92 Å². The van der Waals surface area contributed by atoms with Gasteiger partial charge in [-0.25, -0.2) is 13.6 Å². The molecule has 8 heteroatoms. The number of carbonyl (C=O) groups excluding carboxylic acids is 3. The van der Waals surface area contributed by atoms with Crippen LogP contribution in [-0.4, -0.2) is 35.3 Å². The molecule has 118 valence electrons. The van der Waals surface area contributed by atoms with Crippen LogP contribution in [0.15, 0.2) is 18.2 Å². The van der Waals surface area contributed by atoms with Crippen LogP contribution in [0, 0.1) is 17.6 Å². The van der Waals surface area contributed by atoms with Crippen LogP contribution in [0.1, 0.15) is 13.8 Å². The largest absolute Gasteiger partial charge is 0.326 e. The van der Waals surface area contributed by atoms with Crippen molar-refractivity contribution < 1.29 is 23.2 Å². The molecule has 1 aliphatic rings. The summed E-state index contributed by atoms with van der Waals surface area (Å²) in [6.07, 6.45) is 0. The summed E-state index contributed by atoms with van der Waals surface area (Å²) in [5, 5.41) is 4.72. The Labute approximate surface area is 125 Å². The van der Waals surface area contributed by atoms with Crippen LogP contribution in [-0.2, 0) is 9.59 Å². The maximum atomic E-state index is 13.0. The summed E-state index contributed by atoms with van der Waals surface area (Å²) in [5.41, 5.74) is -0.0880. The summed E-state index contributed by atoms with van der Waals surface area (Å²) in [7, 11) is 0. The van der Waals surface area contributed by atoms with E-state index < -0.39 is 42.1 Å². The van der Waals surface area contributed by atoms with E-state index in [1.165, 1.54) is 0 Å². The Kier molecular flexibility index (Phi) is 4.39. The molecule has 0 saturated carbocycles. The van der Waals surface area contributed by atoms with Crippen molar-refractivity contribution in [1.82, 2.24) is 10.2 Å². The Morgan fingerprint density at radius 3 is 2.36 bits per heavy atom. The molecule has 1 fully saturated rings. The van der Waals surface area contributed by atoms with Gasteiger partial charge in [0, 0.05) is 11.8 Å². The molecule has 4 amide bonds. The fourth-order valence-corrected chi connectivity index (χ4v) is 2.11. The van der Waals surface area contributed by atoms with Gasteiger partial charge in [-0.05, 0) is 18.1 Å². The van der Waals surface area contributed by atoms with Gasteiger partial charge >= 0.3 is 6.03 Å². The average Bonchev–Trinajstić information content (AvgIpc) is 2.65. The molecule has 0 bridgehead atoms. The number of nitrogens with zero attached hydrogens (tertiary/aromatic N) is 1. The van der Waals surface area contributed by atoms with Crippen LogP contribution < -0.4 is 10.6 Å². The first-order valence-electron chi connectivity index (χ1n) is 6.65. The van der Waals surface area contributed by atoms with E-state index in [1.807, 2.05) is 0 Å². The van der Waals surface area contributed by atoms with Crippen molar-refractivity contribution in [3.05, 3.63) is 29.8 Å². The highest BCUT2D eigenvalue weighted by molar-refractivity contribution is 6.08. The summed E-state index contributed by atoms with van der Waals surface area (Å²) >= 11 is 0. The maximum absolute atomic E-state index is 13.0. The first-order valence-corrected chi connectivity index (χ1v) is 6.65. The van der Waals surface area contributed by atoms with Gasteiger partial charge in [0.05, 0.1) is 0 Å². The van der Waals surface area contributed by atoms with Crippen molar-refractivity contribution in [1.29, 1.82) is 0 Å². The van der Waals surface area contributed by atoms with Crippen molar-refractivity contribution in [3.63, 3.8) is 0 Å². The molecule has 0 aromatic heterocycles. The second-order valence-corrected chi connectivity index (χ2v) is 5.30. The minimum absolute atomic E-state index is 0.0880. The van der Waals surface area contributed by atoms with E-state index in [0.717, 1.165) is 17.0 Å². The molecule has 1 atom stereocenters. The molecule has 0 aliphatic carbocycles. The van der Waals surface area contributed by atoms with E-state index in [0.29, 0.717) is 6.07 Å². The van der Waals surface area contributed by atoms with E-state index >= 15 is 0 Å². The van der Waals surface area contributed by atoms with Crippen molar-refractivity contribution >= 4 is 23.5 Å². The fraction of sp³-hybridized carbons (Fsp3) is 0.357. The minimum atomic E-state index is -0.842. The average molecular weight is 311 g/mol. The number of amides is 4. The Hall–Kier alpha value is -2.51. The van der Waals surface area contributed by atoms with Gasteiger partial charge in [-0.2, -0.15) is 0 Å². The molecular formula is C14H15F2N3O3. The number of anilines is 1. The Bertz CT molecular complexity index is 614. The lowest BCUT2D eigenvalue weighted by Gasteiger charge is -2.14. The molecule has 0 radical (unpaired) electrons. The van der Waals surface area contributed by atoms with Crippen LogP contribution in [0.2, 0.25) is 0 Å². The third kappa shape index (κ3) is 3.38. The summed E-state index contributed by atoms with van der Waals surface area (Å²) in [4.78, 5) is 36.3. The van der Waals surface area contributed by atoms with Crippen LogP contribution >= 0.6 is 0 Å². The number of rotatable bonds is 4. The highest BCUT2D eigenvalue weighted by Crippen LogP contribution is 2.15. The maximum Gasteiger partial charge on any atom is 0.325 e. The molecule has 22 heavy (non-hydrogen) atoms. The van der Waals surface area contributed by atoms with Crippen molar-refractivity contribution in [2.75, 3.05) is 11.9 Å². The SMILES string of the molecule is CC(C)C1NC(=O)N(CC(=O)Nc2cc(F)cc(F)c2)C1=O. The minimum Gasteiger partial charge on any atom is -0.326 e. The normalized spacial score (nSPS) is 17.9. The number of urea groups is 1. The predicted octanol–water partition coefficient (Wildman–Crippen LogP) is 1.48. The van der Waals surface area contributed by atoms with E-state index in [-0.39, 0.29) is 11.6 Å². The Morgan fingerprint density at radius 2 is 1.86 bits per heavy atom. The lowest BCUT2D eigenvalue weighted by Crippen LogP contribution is -2.39. The van der Waals surface area contributed by atoms with Crippen LogP contribution in [0.4, 0.5) is 19.3 Å². The Morgan fingerprint density at radius 1 is 1.27 bits per heavy atom. The quantitative estimate of drug-likeness (QED) is 0.827. The predicted molar refractivity (Wildman–Crippen MR) is 73.9 cm³/mol. The van der Waals surface area contributed by atoms with Crippen LogP contribution in [0.25, 0.3) is 0 Å². The number of hydrogen-bond acceptors (Lipinski definition) is 3. The molecular weight excluding hydrogens is 296 g/mol. The molecule has 1 heterocycles. The number of nitrogens with one attached hydrogen (secondary N) is 2. The standard InChI is InChI=1S/C14H15F2N3O3/c1-7(2)12-13(21)19(14(22)18-12)6-11(20)17-10-4-8(15)3-9(16)5-10/h3-5,7,12H,6H2,1-2H3,(H,17,20)(H,18,22). The van der Waals surface area contributed by atoms with Gasteiger partial charge in [0.25, 0.3) is 5.91 Å². The van der Waals surface area contributed by atoms with E-state index in [4.69, 9.17) is 0 Å². The molecule has 1 aliphatic heterocycles. The van der Waals surface area contributed by atoms with Gasteiger partial charge in [0.15, 0.2) is 0 Å². The third-order valence-electron chi connectivity index (χ3n) is 3.17. The number of carbonyl (C=O) groups is 3.